The third kappa shape index (κ3) is 4.47. The predicted molar refractivity (Wildman–Crippen MR) is 112 cm³/mol. The standard InChI is InChI=1S/C22H21BrN2O4/c1-25-22(14-2-4-15(5-3-14)26-10-17-12-28-17)9-21(24-25)19-7-6-16(8-20(19)23)27-11-18-13-29-18/h2-9,17-18H,10-13H2,1H3. The van der Waals surface area contributed by atoms with Crippen LogP contribution in [0.5, 0.6) is 11.5 Å². The smallest absolute Gasteiger partial charge is 0.120 e. The first-order chi connectivity index (χ1) is 14.2. The summed E-state index contributed by atoms with van der Waals surface area (Å²) in [7, 11) is 1.95. The first-order valence-electron chi connectivity index (χ1n) is 9.59. The van der Waals surface area contributed by atoms with Crippen molar-refractivity contribution in [2.45, 2.75) is 12.2 Å². The number of aryl methyl sites for hydroxylation is 1. The summed E-state index contributed by atoms with van der Waals surface area (Å²) >= 11 is 3.65. The van der Waals surface area contributed by atoms with Crippen molar-refractivity contribution in [2.24, 2.45) is 7.05 Å². The van der Waals surface area contributed by atoms with Crippen LogP contribution in [0.15, 0.2) is 53.0 Å². The first kappa shape index (κ1) is 18.7. The van der Waals surface area contributed by atoms with Gasteiger partial charge in [-0.25, -0.2) is 0 Å². The molecule has 2 saturated heterocycles. The third-order valence-corrected chi connectivity index (χ3v) is 5.58. The van der Waals surface area contributed by atoms with Crippen molar-refractivity contribution in [3.63, 3.8) is 0 Å². The molecule has 29 heavy (non-hydrogen) atoms. The van der Waals surface area contributed by atoms with Gasteiger partial charge in [0.25, 0.3) is 0 Å². The minimum atomic E-state index is 0.241. The SMILES string of the molecule is Cn1nc(-c2ccc(OCC3CO3)cc2Br)cc1-c1ccc(OCC2CO2)cc1. The molecule has 2 aliphatic rings. The summed E-state index contributed by atoms with van der Waals surface area (Å²) in [5.41, 5.74) is 4.04. The first-order valence-corrected chi connectivity index (χ1v) is 10.4. The van der Waals surface area contributed by atoms with Crippen molar-refractivity contribution < 1.29 is 18.9 Å². The van der Waals surface area contributed by atoms with Crippen LogP contribution in [-0.4, -0.2) is 48.4 Å². The van der Waals surface area contributed by atoms with Gasteiger partial charge in [-0.15, -0.1) is 0 Å². The van der Waals surface area contributed by atoms with Crippen LogP contribution < -0.4 is 9.47 Å². The van der Waals surface area contributed by atoms with Gasteiger partial charge >= 0.3 is 0 Å². The zero-order chi connectivity index (χ0) is 19.8. The van der Waals surface area contributed by atoms with Gasteiger partial charge in [0.1, 0.15) is 36.9 Å². The zero-order valence-electron chi connectivity index (χ0n) is 16.0. The molecule has 2 aromatic carbocycles. The van der Waals surface area contributed by atoms with Crippen molar-refractivity contribution in [3.8, 4) is 34.0 Å². The van der Waals surface area contributed by atoms with Gasteiger partial charge in [0, 0.05) is 22.6 Å². The van der Waals surface area contributed by atoms with Crippen LogP contribution in [0.1, 0.15) is 0 Å². The molecule has 2 fully saturated rings. The molecule has 5 rings (SSSR count). The molecule has 3 heterocycles. The molecule has 2 atom stereocenters. The number of nitrogens with zero attached hydrogens (tertiary/aromatic N) is 2. The summed E-state index contributed by atoms with van der Waals surface area (Å²) in [4.78, 5) is 0. The molecule has 0 bridgehead atoms. The van der Waals surface area contributed by atoms with Crippen LogP contribution in [-0.2, 0) is 16.5 Å². The fourth-order valence-corrected chi connectivity index (χ4v) is 3.65. The summed E-state index contributed by atoms with van der Waals surface area (Å²) in [6, 6.07) is 16.1. The lowest BCUT2D eigenvalue weighted by Gasteiger charge is -2.07. The number of hydrogen-bond acceptors (Lipinski definition) is 5. The zero-order valence-corrected chi connectivity index (χ0v) is 17.6. The number of halogens is 1. The van der Waals surface area contributed by atoms with Crippen LogP contribution in [0.2, 0.25) is 0 Å². The minimum absolute atomic E-state index is 0.241. The summed E-state index contributed by atoms with van der Waals surface area (Å²) in [6.45, 7) is 2.79. The van der Waals surface area contributed by atoms with Crippen LogP contribution in [0.3, 0.4) is 0 Å². The highest BCUT2D eigenvalue weighted by Crippen LogP contribution is 2.33. The number of aromatic nitrogens is 2. The van der Waals surface area contributed by atoms with E-state index in [1.165, 1.54) is 0 Å². The highest BCUT2D eigenvalue weighted by atomic mass is 79.9. The second kappa shape index (κ2) is 7.82. The van der Waals surface area contributed by atoms with Gasteiger partial charge in [0.05, 0.1) is 24.6 Å². The third-order valence-electron chi connectivity index (χ3n) is 4.92. The van der Waals surface area contributed by atoms with Gasteiger partial charge in [-0.1, -0.05) is 0 Å². The lowest BCUT2D eigenvalue weighted by molar-refractivity contribution is 0.263. The predicted octanol–water partition coefficient (Wildman–Crippen LogP) is 4.07. The highest BCUT2D eigenvalue weighted by Gasteiger charge is 2.24. The number of hydrogen-bond donors (Lipinski definition) is 0. The topological polar surface area (TPSA) is 61.3 Å². The lowest BCUT2D eigenvalue weighted by atomic mass is 10.1. The fraction of sp³-hybridized carbons (Fsp3) is 0.318. The molecule has 3 aromatic rings. The normalized spacial score (nSPS) is 19.8. The molecular formula is C22H21BrN2O4. The summed E-state index contributed by atoms with van der Waals surface area (Å²) in [6.07, 6.45) is 0.497. The summed E-state index contributed by atoms with van der Waals surface area (Å²) < 4.78 is 24.7. The average Bonchev–Trinajstić information content (AvgIpc) is 3.65. The largest absolute Gasteiger partial charge is 0.491 e. The molecule has 0 aliphatic carbocycles. The second-order valence-electron chi connectivity index (χ2n) is 7.24. The van der Waals surface area contributed by atoms with E-state index in [0.717, 1.165) is 51.7 Å². The van der Waals surface area contributed by atoms with Crippen LogP contribution >= 0.6 is 15.9 Å². The Kier molecular flexibility index (Phi) is 5.03. The summed E-state index contributed by atoms with van der Waals surface area (Å²) in [5.74, 6) is 1.67. The molecule has 0 saturated carbocycles. The molecular weight excluding hydrogens is 436 g/mol. The van der Waals surface area contributed by atoms with E-state index in [-0.39, 0.29) is 12.2 Å². The number of rotatable bonds is 8. The van der Waals surface area contributed by atoms with E-state index in [1.54, 1.807) is 0 Å². The number of ether oxygens (including phenoxy) is 4. The van der Waals surface area contributed by atoms with Gasteiger partial charge < -0.3 is 18.9 Å². The lowest BCUT2D eigenvalue weighted by Crippen LogP contribution is -2.03. The Hall–Kier alpha value is -2.35. The average molecular weight is 457 g/mol. The quantitative estimate of drug-likeness (QED) is 0.478. The van der Waals surface area contributed by atoms with E-state index < -0.39 is 0 Å². The van der Waals surface area contributed by atoms with Gasteiger partial charge in [-0.2, -0.15) is 5.10 Å². The van der Waals surface area contributed by atoms with Gasteiger partial charge in [-0.05, 0) is 64.5 Å². The monoisotopic (exact) mass is 456 g/mol. The maximum Gasteiger partial charge on any atom is 0.120 e. The molecule has 2 unspecified atom stereocenters. The van der Waals surface area contributed by atoms with E-state index in [4.69, 9.17) is 24.0 Å². The molecule has 0 spiro atoms. The van der Waals surface area contributed by atoms with Crippen molar-refractivity contribution in [3.05, 3.63) is 53.0 Å². The molecule has 0 N–H and O–H groups in total. The van der Waals surface area contributed by atoms with Crippen LogP contribution in [0, 0.1) is 0 Å². The number of benzene rings is 2. The molecule has 2 aliphatic heterocycles. The van der Waals surface area contributed by atoms with Crippen molar-refractivity contribution in [1.82, 2.24) is 9.78 Å². The Bertz CT molecular complexity index is 1010. The molecule has 7 heteroatoms. The maximum absolute atomic E-state index is 5.75. The minimum Gasteiger partial charge on any atom is -0.491 e. The molecule has 0 amide bonds. The second-order valence-corrected chi connectivity index (χ2v) is 8.09. The van der Waals surface area contributed by atoms with Crippen LogP contribution in [0.25, 0.3) is 22.5 Å². The molecule has 1 aromatic heterocycles. The van der Waals surface area contributed by atoms with E-state index >= 15 is 0 Å². The van der Waals surface area contributed by atoms with E-state index in [1.807, 2.05) is 42.1 Å². The fourth-order valence-electron chi connectivity index (χ4n) is 3.09. The molecule has 6 nitrogen and oxygen atoms in total. The van der Waals surface area contributed by atoms with Gasteiger partial charge in [-0.3, -0.25) is 4.68 Å². The molecule has 150 valence electrons. The Balaban J connectivity index is 1.32. The van der Waals surface area contributed by atoms with E-state index in [2.05, 4.69) is 34.1 Å². The maximum atomic E-state index is 5.75. The Morgan fingerprint density at radius 3 is 2.21 bits per heavy atom. The van der Waals surface area contributed by atoms with Crippen molar-refractivity contribution in [1.29, 1.82) is 0 Å². The Morgan fingerprint density at radius 1 is 0.966 bits per heavy atom. The van der Waals surface area contributed by atoms with Gasteiger partial charge in [0.15, 0.2) is 0 Å². The molecule has 0 radical (unpaired) electrons. The van der Waals surface area contributed by atoms with Crippen LogP contribution in [0.4, 0.5) is 0 Å². The van der Waals surface area contributed by atoms with Crippen molar-refractivity contribution >= 4 is 15.9 Å². The highest BCUT2D eigenvalue weighted by molar-refractivity contribution is 9.10. The van der Waals surface area contributed by atoms with Crippen molar-refractivity contribution in [2.75, 3.05) is 26.4 Å². The van der Waals surface area contributed by atoms with Gasteiger partial charge in [0.2, 0.25) is 0 Å². The Labute approximate surface area is 177 Å². The number of epoxide rings is 2. The Morgan fingerprint density at radius 2 is 1.59 bits per heavy atom. The van der Waals surface area contributed by atoms with E-state index in [0.29, 0.717) is 13.2 Å². The summed E-state index contributed by atoms with van der Waals surface area (Å²) in [5, 5.41) is 4.70. The van der Waals surface area contributed by atoms with E-state index in [9.17, 15) is 0 Å².